The second-order valence-corrected chi connectivity index (χ2v) is 9.87. The van der Waals surface area contributed by atoms with Gasteiger partial charge in [-0.15, -0.1) is 11.3 Å². The van der Waals surface area contributed by atoms with Crippen LogP contribution in [0.1, 0.15) is 31.4 Å². The normalized spacial score (nSPS) is 16.9. The van der Waals surface area contributed by atoms with Gasteiger partial charge in [0.05, 0.1) is 6.04 Å². The molecule has 2 N–H and O–H groups in total. The van der Waals surface area contributed by atoms with E-state index in [0.29, 0.717) is 35.2 Å². The fourth-order valence-corrected chi connectivity index (χ4v) is 5.54. The van der Waals surface area contributed by atoms with E-state index in [-0.39, 0.29) is 18.1 Å². The van der Waals surface area contributed by atoms with E-state index in [9.17, 15) is 13.2 Å². The molecule has 0 saturated carbocycles. The number of hydrogen-bond donors (Lipinski definition) is 2. The van der Waals surface area contributed by atoms with E-state index in [1.807, 2.05) is 25.1 Å². The van der Waals surface area contributed by atoms with Crippen LogP contribution in [0.3, 0.4) is 0 Å². The Labute approximate surface area is 168 Å². The van der Waals surface area contributed by atoms with Gasteiger partial charge >= 0.3 is 6.03 Å². The Kier molecular flexibility index (Phi) is 6.41. The molecule has 0 aliphatic carbocycles. The quantitative estimate of drug-likeness (QED) is 0.764. The Bertz CT molecular complexity index is 879. The second-order valence-electron chi connectivity index (χ2n) is 6.54. The van der Waals surface area contributed by atoms with Gasteiger partial charge in [-0.2, -0.15) is 0 Å². The molecule has 1 aromatic carbocycles. The zero-order valence-corrected chi connectivity index (χ0v) is 17.3. The van der Waals surface area contributed by atoms with Gasteiger partial charge in [-0.05, 0) is 48.9 Å². The van der Waals surface area contributed by atoms with Gasteiger partial charge in [0.2, 0.25) is 10.0 Å². The number of piperidine rings is 1. The van der Waals surface area contributed by atoms with Gasteiger partial charge in [-0.1, -0.05) is 29.8 Å². The van der Waals surface area contributed by atoms with Crippen molar-refractivity contribution in [2.24, 2.45) is 0 Å². The maximum absolute atomic E-state index is 12.5. The minimum Gasteiger partial charge on any atom is -0.331 e. The fraction of sp³-hybridized carbons (Fsp3) is 0.389. The van der Waals surface area contributed by atoms with Gasteiger partial charge in [0.1, 0.15) is 4.21 Å². The lowest BCUT2D eigenvalue weighted by Gasteiger charge is -2.33. The maximum atomic E-state index is 12.5. The van der Waals surface area contributed by atoms with E-state index >= 15 is 0 Å². The molecule has 6 nitrogen and oxygen atoms in total. The van der Waals surface area contributed by atoms with Crippen LogP contribution >= 0.6 is 22.9 Å². The molecule has 1 aromatic heterocycles. The van der Waals surface area contributed by atoms with Crippen molar-refractivity contribution in [2.75, 3.05) is 13.1 Å². The molecule has 146 valence electrons. The largest absolute Gasteiger partial charge is 0.331 e. The molecule has 2 heterocycles. The molecule has 1 aliphatic rings. The summed E-state index contributed by atoms with van der Waals surface area (Å²) in [4.78, 5) is 14.2. The van der Waals surface area contributed by atoms with Gasteiger partial charge < -0.3 is 10.2 Å². The van der Waals surface area contributed by atoms with Crippen molar-refractivity contribution in [3.05, 3.63) is 52.4 Å². The molecule has 1 aliphatic heterocycles. The molecule has 1 saturated heterocycles. The van der Waals surface area contributed by atoms with Crippen molar-refractivity contribution in [2.45, 2.75) is 36.1 Å². The third-order valence-corrected chi connectivity index (χ3v) is 7.71. The standard InChI is InChI=1S/C18H22ClN3O3S2/c1-13(14-4-2-5-15(19)12-14)20-18(23)22-9-7-16(8-10-22)21-27(24,25)17-6-3-11-26-17/h2-6,11-13,16,21H,7-10H2,1H3,(H,20,23)/t13-/m0/s1. The average molecular weight is 428 g/mol. The zero-order chi connectivity index (χ0) is 19.4. The van der Waals surface area contributed by atoms with Crippen LogP contribution in [-0.2, 0) is 10.0 Å². The molecule has 1 fully saturated rings. The summed E-state index contributed by atoms with van der Waals surface area (Å²) in [7, 11) is -3.48. The first-order chi connectivity index (χ1) is 12.8. The maximum Gasteiger partial charge on any atom is 0.317 e. The monoisotopic (exact) mass is 427 g/mol. The van der Waals surface area contributed by atoms with Crippen LogP contribution in [0, 0.1) is 0 Å². The van der Waals surface area contributed by atoms with Crippen LogP contribution in [0.4, 0.5) is 4.79 Å². The highest BCUT2D eigenvalue weighted by atomic mass is 35.5. The average Bonchev–Trinajstić information content (AvgIpc) is 3.17. The van der Waals surface area contributed by atoms with E-state index in [4.69, 9.17) is 11.6 Å². The Hall–Kier alpha value is -1.61. The highest BCUT2D eigenvalue weighted by molar-refractivity contribution is 7.91. The molecule has 0 radical (unpaired) electrons. The molecule has 9 heteroatoms. The summed E-state index contributed by atoms with van der Waals surface area (Å²) in [6.45, 7) is 2.92. The summed E-state index contributed by atoms with van der Waals surface area (Å²) in [6.07, 6.45) is 1.17. The van der Waals surface area contributed by atoms with Crippen molar-refractivity contribution in [3.63, 3.8) is 0 Å². The number of benzene rings is 1. The SMILES string of the molecule is C[C@H](NC(=O)N1CCC(NS(=O)(=O)c2cccs2)CC1)c1cccc(Cl)c1. The smallest absolute Gasteiger partial charge is 0.317 e. The van der Waals surface area contributed by atoms with Crippen LogP contribution in [0.25, 0.3) is 0 Å². The first-order valence-electron chi connectivity index (χ1n) is 8.72. The van der Waals surface area contributed by atoms with Gasteiger partial charge in [-0.25, -0.2) is 17.9 Å². The number of amides is 2. The molecule has 2 aromatic rings. The van der Waals surface area contributed by atoms with E-state index in [1.165, 1.54) is 11.3 Å². The van der Waals surface area contributed by atoms with Crippen LogP contribution in [-0.4, -0.2) is 38.5 Å². The number of nitrogens with zero attached hydrogens (tertiary/aromatic N) is 1. The number of hydrogen-bond acceptors (Lipinski definition) is 4. The van der Waals surface area contributed by atoms with Gasteiger partial charge in [0, 0.05) is 24.2 Å². The third-order valence-electron chi connectivity index (χ3n) is 4.55. The first kappa shape index (κ1) is 20.1. The number of halogens is 1. The van der Waals surface area contributed by atoms with Crippen LogP contribution in [0.5, 0.6) is 0 Å². The lowest BCUT2D eigenvalue weighted by Crippen LogP contribution is -2.49. The number of urea groups is 1. The van der Waals surface area contributed by atoms with Crippen LogP contribution in [0.15, 0.2) is 46.0 Å². The van der Waals surface area contributed by atoms with Crippen molar-refractivity contribution < 1.29 is 13.2 Å². The van der Waals surface area contributed by atoms with Crippen LogP contribution in [0.2, 0.25) is 5.02 Å². The highest BCUT2D eigenvalue weighted by Gasteiger charge is 2.27. The van der Waals surface area contributed by atoms with Gasteiger partial charge in [0.15, 0.2) is 0 Å². The number of rotatable bonds is 5. The number of carbonyl (C=O) groups is 1. The molecule has 2 amide bonds. The summed E-state index contributed by atoms with van der Waals surface area (Å²) in [5, 5.41) is 5.34. The molecule has 0 bridgehead atoms. The van der Waals surface area contributed by atoms with E-state index in [0.717, 1.165) is 5.56 Å². The van der Waals surface area contributed by atoms with Crippen molar-refractivity contribution >= 4 is 39.0 Å². The predicted octanol–water partition coefficient (Wildman–Crippen LogP) is 3.62. The lowest BCUT2D eigenvalue weighted by atomic mass is 10.1. The van der Waals surface area contributed by atoms with E-state index in [2.05, 4.69) is 10.0 Å². The minimum atomic E-state index is -3.48. The minimum absolute atomic E-state index is 0.151. The number of thiophene rings is 1. The van der Waals surface area contributed by atoms with Crippen LogP contribution < -0.4 is 10.0 Å². The third kappa shape index (κ3) is 5.22. The molecular weight excluding hydrogens is 406 g/mol. The molecular formula is C18H22ClN3O3S2. The lowest BCUT2D eigenvalue weighted by molar-refractivity contribution is 0.177. The number of carbonyl (C=O) groups excluding carboxylic acids is 1. The topological polar surface area (TPSA) is 78.5 Å². The zero-order valence-electron chi connectivity index (χ0n) is 14.9. The molecule has 0 spiro atoms. The first-order valence-corrected chi connectivity index (χ1v) is 11.5. The predicted molar refractivity (Wildman–Crippen MR) is 108 cm³/mol. The molecule has 3 rings (SSSR count). The Morgan fingerprint density at radius 1 is 1.26 bits per heavy atom. The molecule has 27 heavy (non-hydrogen) atoms. The summed E-state index contributed by atoms with van der Waals surface area (Å²) >= 11 is 7.20. The summed E-state index contributed by atoms with van der Waals surface area (Å²) < 4.78 is 27.7. The summed E-state index contributed by atoms with van der Waals surface area (Å²) in [5.41, 5.74) is 0.939. The summed E-state index contributed by atoms with van der Waals surface area (Å²) in [6, 6.07) is 10.2. The number of sulfonamides is 1. The van der Waals surface area contributed by atoms with Crippen molar-refractivity contribution in [1.82, 2.24) is 14.9 Å². The second kappa shape index (κ2) is 8.60. The Morgan fingerprint density at radius 3 is 2.63 bits per heavy atom. The van der Waals surface area contributed by atoms with Crippen molar-refractivity contribution in [1.29, 1.82) is 0 Å². The summed E-state index contributed by atoms with van der Waals surface area (Å²) in [5.74, 6) is 0. The molecule has 0 unspecified atom stereocenters. The van der Waals surface area contributed by atoms with Crippen molar-refractivity contribution in [3.8, 4) is 0 Å². The van der Waals surface area contributed by atoms with Gasteiger partial charge in [0.25, 0.3) is 0 Å². The molecule has 1 atom stereocenters. The van der Waals surface area contributed by atoms with Gasteiger partial charge in [-0.3, -0.25) is 0 Å². The van der Waals surface area contributed by atoms with E-state index in [1.54, 1.807) is 28.5 Å². The fourth-order valence-electron chi connectivity index (χ4n) is 3.03. The number of likely N-dealkylation sites (tertiary alicyclic amines) is 1. The Morgan fingerprint density at radius 2 is 2.00 bits per heavy atom. The Balaban J connectivity index is 1.50. The highest BCUT2D eigenvalue weighted by Crippen LogP contribution is 2.20. The van der Waals surface area contributed by atoms with E-state index < -0.39 is 10.0 Å². The number of nitrogens with one attached hydrogen (secondary N) is 2.